The second kappa shape index (κ2) is 30.6. The molecule has 4 heterocycles. The lowest BCUT2D eigenvalue weighted by molar-refractivity contribution is -0.385. The highest BCUT2D eigenvalue weighted by Crippen LogP contribution is 2.47. The molecule has 2 atom stereocenters. The smallest absolute Gasteiger partial charge is 0.301 e. The molecular formula is C62H56N8O14S4. The van der Waals surface area contributed by atoms with Gasteiger partial charge in [0, 0.05) is 53.8 Å². The molecule has 0 saturated carbocycles. The zero-order valence-corrected chi connectivity index (χ0v) is 50.6. The number of hydrogen-bond acceptors (Lipinski definition) is 21. The number of carboxylic acid groups (broad SMARTS) is 1. The van der Waals surface area contributed by atoms with Crippen LogP contribution in [0.4, 0.5) is 21.6 Å². The molecule has 2 saturated heterocycles. The highest BCUT2D eigenvalue weighted by Gasteiger charge is 2.50. The van der Waals surface area contributed by atoms with Crippen molar-refractivity contribution >= 4 is 109 Å². The SMILES string of the molecule is CC(=O)O.CCCCOc1ccc(/C(O)=C2\C(=O)C(=O)N(c3nnc(SCc4ccccc4)s3)C2c2cccc([N+](=O)[O-])c2)cc1.CCCCOc1ccc(/C(O)=C2\C(=O)C(=O)N(c3nnc(SCc4ccccc4)s3)C2c2cccc([N+](=O)[O-])c2)cc1. The van der Waals surface area contributed by atoms with E-state index in [-0.39, 0.29) is 43.9 Å². The predicted octanol–water partition coefficient (Wildman–Crippen LogP) is 13.2. The van der Waals surface area contributed by atoms with E-state index in [0.29, 0.717) is 56.0 Å². The molecule has 0 spiro atoms. The molecule has 0 radical (unpaired) electrons. The molecule has 8 aromatic rings. The van der Waals surface area contributed by atoms with Crippen LogP contribution in [0.15, 0.2) is 178 Å². The van der Waals surface area contributed by atoms with Crippen molar-refractivity contribution in [2.75, 3.05) is 23.0 Å². The van der Waals surface area contributed by atoms with Crippen LogP contribution in [0, 0.1) is 20.2 Å². The van der Waals surface area contributed by atoms with Crippen molar-refractivity contribution in [3.63, 3.8) is 0 Å². The van der Waals surface area contributed by atoms with Gasteiger partial charge in [-0.05, 0) is 83.6 Å². The average molecular weight is 1270 g/mol. The van der Waals surface area contributed by atoms with Crippen LogP contribution in [0.1, 0.15) is 91.9 Å². The van der Waals surface area contributed by atoms with Gasteiger partial charge in [0.1, 0.15) is 23.0 Å². The van der Waals surface area contributed by atoms with Crippen molar-refractivity contribution in [2.45, 2.75) is 78.7 Å². The lowest BCUT2D eigenvalue weighted by atomic mass is 9.95. The maximum atomic E-state index is 13.5. The summed E-state index contributed by atoms with van der Waals surface area (Å²) in [6.45, 7) is 6.30. The number of nitro benzene ring substituents is 2. The van der Waals surface area contributed by atoms with Gasteiger partial charge in [0.25, 0.3) is 28.9 Å². The third kappa shape index (κ3) is 16.1. The maximum Gasteiger partial charge on any atom is 0.301 e. The van der Waals surface area contributed by atoms with Gasteiger partial charge in [-0.25, -0.2) is 0 Å². The van der Waals surface area contributed by atoms with Gasteiger partial charge in [-0.3, -0.25) is 54.0 Å². The van der Waals surface area contributed by atoms with Crippen LogP contribution in [-0.4, -0.2) is 88.1 Å². The van der Waals surface area contributed by atoms with Crippen LogP contribution >= 0.6 is 46.2 Å². The van der Waals surface area contributed by atoms with Crippen LogP contribution in [0.2, 0.25) is 0 Å². The Morgan fingerprint density at radius 1 is 0.545 bits per heavy atom. The number of anilines is 2. The van der Waals surface area contributed by atoms with Crippen molar-refractivity contribution in [3.8, 4) is 11.5 Å². The molecule has 88 heavy (non-hydrogen) atoms. The Hall–Kier alpha value is -9.63. The third-order valence-electron chi connectivity index (χ3n) is 13.1. The van der Waals surface area contributed by atoms with E-state index in [4.69, 9.17) is 19.4 Å². The zero-order chi connectivity index (χ0) is 62.9. The molecule has 26 heteroatoms. The number of amides is 2. The molecule has 22 nitrogen and oxygen atoms in total. The first-order chi connectivity index (χ1) is 42.5. The number of carbonyl (C=O) groups is 5. The Bertz CT molecular complexity index is 3630. The van der Waals surface area contributed by atoms with Crippen LogP contribution < -0.4 is 19.3 Å². The number of benzene rings is 6. The quantitative estimate of drug-likeness (QED) is 0.00830. The van der Waals surface area contributed by atoms with Gasteiger partial charge in [-0.1, -0.05) is 158 Å². The Morgan fingerprint density at radius 3 is 1.25 bits per heavy atom. The van der Waals surface area contributed by atoms with E-state index in [0.717, 1.165) is 76.2 Å². The van der Waals surface area contributed by atoms with Crippen LogP contribution in [0.25, 0.3) is 11.5 Å². The number of ether oxygens (including phenoxy) is 2. The number of aliphatic hydroxyl groups excluding tert-OH is 2. The molecule has 2 fully saturated rings. The van der Waals surface area contributed by atoms with E-state index in [1.165, 1.54) is 59.9 Å². The molecule has 2 aromatic heterocycles. The minimum absolute atomic E-state index is 0.142. The molecule has 2 aliphatic heterocycles. The van der Waals surface area contributed by atoms with Gasteiger partial charge in [-0.15, -0.1) is 20.4 Å². The fourth-order valence-corrected chi connectivity index (χ4v) is 12.5. The molecule has 0 bridgehead atoms. The normalized spacial score (nSPS) is 15.7. The summed E-state index contributed by atoms with van der Waals surface area (Å²) >= 11 is 5.11. The maximum absolute atomic E-state index is 13.5. The highest BCUT2D eigenvalue weighted by molar-refractivity contribution is 8.00. The Kier molecular flexibility index (Phi) is 22.4. The largest absolute Gasteiger partial charge is 0.507 e. The van der Waals surface area contributed by atoms with Crippen molar-refractivity contribution in [3.05, 3.63) is 222 Å². The van der Waals surface area contributed by atoms with Crippen molar-refractivity contribution in [1.82, 2.24) is 20.4 Å². The van der Waals surface area contributed by atoms with E-state index >= 15 is 0 Å². The first-order valence-electron chi connectivity index (χ1n) is 27.2. The predicted molar refractivity (Wildman–Crippen MR) is 335 cm³/mol. The third-order valence-corrected chi connectivity index (χ3v) is 17.3. The van der Waals surface area contributed by atoms with Crippen LogP contribution in [0.3, 0.4) is 0 Å². The number of aliphatic carboxylic acids is 1. The highest BCUT2D eigenvalue weighted by atomic mass is 32.2. The summed E-state index contributed by atoms with van der Waals surface area (Å²) in [6, 6.07) is 41.6. The summed E-state index contributed by atoms with van der Waals surface area (Å²) in [6.07, 6.45) is 3.76. The van der Waals surface area contributed by atoms with Gasteiger partial charge in [0.15, 0.2) is 8.68 Å². The number of unbranched alkanes of at least 4 members (excludes halogenated alkanes) is 2. The molecule has 2 unspecified atom stereocenters. The second-order valence-corrected chi connectivity index (χ2v) is 23.6. The van der Waals surface area contributed by atoms with Gasteiger partial charge in [-0.2, -0.15) is 0 Å². The van der Waals surface area contributed by atoms with Crippen molar-refractivity contribution in [2.24, 2.45) is 0 Å². The minimum Gasteiger partial charge on any atom is -0.507 e. The number of aliphatic hydroxyl groups is 2. The van der Waals surface area contributed by atoms with Gasteiger partial charge < -0.3 is 24.8 Å². The number of carboxylic acids is 1. The summed E-state index contributed by atoms with van der Waals surface area (Å²) in [4.78, 5) is 87.1. The Balaban J connectivity index is 0.000000215. The summed E-state index contributed by atoms with van der Waals surface area (Å²) in [5.41, 5.74) is 2.46. The summed E-state index contributed by atoms with van der Waals surface area (Å²) in [7, 11) is 0. The lowest BCUT2D eigenvalue weighted by Crippen LogP contribution is -2.29. The van der Waals surface area contributed by atoms with Crippen molar-refractivity contribution in [1.29, 1.82) is 0 Å². The Morgan fingerprint density at radius 2 is 0.909 bits per heavy atom. The van der Waals surface area contributed by atoms with E-state index in [9.17, 15) is 49.6 Å². The number of hydrogen-bond donors (Lipinski definition) is 3. The van der Waals surface area contributed by atoms with E-state index in [1.54, 1.807) is 60.7 Å². The van der Waals surface area contributed by atoms with Crippen LogP contribution in [0.5, 0.6) is 11.5 Å². The number of nitro groups is 2. The summed E-state index contributed by atoms with van der Waals surface area (Å²) < 4.78 is 12.5. The molecule has 2 aliphatic rings. The topological polar surface area (TPSA) is 309 Å². The van der Waals surface area contributed by atoms with Gasteiger partial charge >= 0.3 is 11.8 Å². The zero-order valence-electron chi connectivity index (χ0n) is 47.4. The number of thioether (sulfide) groups is 2. The van der Waals surface area contributed by atoms with E-state index < -0.39 is 62.8 Å². The van der Waals surface area contributed by atoms with E-state index in [2.05, 4.69) is 34.2 Å². The molecule has 0 aliphatic carbocycles. The number of aromatic nitrogens is 4. The lowest BCUT2D eigenvalue weighted by Gasteiger charge is -2.22. The monoisotopic (exact) mass is 1260 g/mol. The fraction of sp³-hybridized carbons (Fsp3) is 0.210. The van der Waals surface area contributed by atoms with Crippen molar-refractivity contribution < 1.29 is 58.6 Å². The number of carbonyl (C=O) groups excluding carboxylic acids is 4. The number of rotatable bonds is 22. The number of Topliss-reactive ketones (excluding diaryl/α,β-unsaturated/α-hetero) is 2. The minimum atomic E-state index is -1.16. The average Bonchev–Trinajstić information content (AvgIpc) is 2.11. The Labute approximate surface area is 520 Å². The fourth-order valence-electron chi connectivity index (χ4n) is 8.86. The number of ketones is 2. The number of nitrogens with zero attached hydrogens (tertiary/aromatic N) is 8. The summed E-state index contributed by atoms with van der Waals surface area (Å²) in [5, 5.41) is 70.4. The molecule has 3 N–H and O–H groups in total. The van der Waals surface area contributed by atoms with Gasteiger partial charge in [0.05, 0.1) is 46.3 Å². The molecule has 6 aromatic carbocycles. The standard InChI is InChI=1S/2C30H26N4O6S2.C2H4O2/c2*1-2-3-16-40-23-14-12-20(13-15-23)26(35)24-25(21-10-7-11-22(17-21)34(38)39)33(28(37)27(24)36)29-31-32-30(42-29)41-18-19-8-5-4-6-9-19;1-2(3)4/h2*4-15,17,25,35H,2-3,16,18H2,1H3;1H3,(H,3,4)/b2*26-24+;. The molecule has 452 valence electrons. The molecule has 10 rings (SSSR count). The molecule has 2 amide bonds. The number of non-ortho nitro benzene ring substituents is 2. The first-order valence-corrected chi connectivity index (χ1v) is 30.8. The molecular weight excluding hydrogens is 1210 g/mol. The van der Waals surface area contributed by atoms with Gasteiger partial charge in [0.2, 0.25) is 10.3 Å². The summed E-state index contributed by atoms with van der Waals surface area (Å²) in [5.74, 6) is -2.88. The second-order valence-electron chi connectivity index (χ2n) is 19.3. The van der Waals surface area contributed by atoms with E-state index in [1.807, 2.05) is 60.7 Å². The van der Waals surface area contributed by atoms with Crippen LogP contribution in [-0.2, 0) is 35.5 Å². The first kappa shape index (κ1) is 64.4.